The average molecular weight is 342 g/mol. The molecule has 0 atom stereocenters. The second kappa shape index (κ2) is 6.84. The molecule has 122 valence electrons. The van der Waals surface area contributed by atoms with E-state index in [4.69, 9.17) is 11.6 Å². The van der Waals surface area contributed by atoms with Gasteiger partial charge >= 0.3 is 0 Å². The van der Waals surface area contributed by atoms with Crippen molar-refractivity contribution in [2.24, 2.45) is 0 Å². The quantitative estimate of drug-likeness (QED) is 0.733. The minimum atomic E-state index is -0.274. The van der Waals surface area contributed by atoms with Crippen LogP contribution < -0.4 is 5.56 Å². The minimum Gasteiger partial charge on any atom is -0.340 e. The highest BCUT2D eigenvalue weighted by Crippen LogP contribution is 2.14. The van der Waals surface area contributed by atoms with Crippen LogP contribution in [0.4, 0.5) is 0 Å². The molecule has 3 rings (SSSR count). The number of halogens is 1. The lowest BCUT2D eigenvalue weighted by molar-refractivity contribution is -0.131. The lowest BCUT2D eigenvalue weighted by Gasteiger charge is -2.18. The molecule has 6 heteroatoms. The van der Waals surface area contributed by atoms with Crippen molar-refractivity contribution in [3.63, 3.8) is 0 Å². The fraction of sp³-hybridized carbons (Fsp3) is 0.167. The molecule has 0 unspecified atom stereocenters. The summed E-state index contributed by atoms with van der Waals surface area (Å²) in [6.07, 6.45) is 1.40. The van der Waals surface area contributed by atoms with Crippen molar-refractivity contribution in [3.8, 4) is 0 Å². The van der Waals surface area contributed by atoms with E-state index < -0.39 is 0 Å². The first-order chi connectivity index (χ1) is 11.5. The maximum Gasteiger partial charge on any atom is 0.261 e. The number of amides is 1. The molecule has 1 amide bonds. The van der Waals surface area contributed by atoms with Crippen LogP contribution in [0.15, 0.2) is 59.7 Å². The molecular formula is C18H16ClN3O2. The van der Waals surface area contributed by atoms with Crippen LogP contribution in [0.3, 0.4) is 0 Å². The predicted octanol–water partition coefficient (Wildman–Crippen LogP) is 2.71. The molecule has 0 saturated heterocycles. The van der Waals surface area contributed by atoms with Crippen LogP contribution in [-0.2, 0) is 17.9 Å². The highest BCUT2D eigenvalue weighted by Gasteiger charge is 2.12. The number of fused-ring (bicyclic) bond motifs is 1. The summed E-state index contributed by atoms with van der Waals surface area (Å²) in [6.45, 7) is 0.429. The van der Waals surface area contributed by atoms with E-state index in [1.165, 1.54) is 10.9 Å². The number of benzene rings is 2. The summed E-state index contributed by atoms with van der Waals surface area (Å²) >= 11 is 5.94. The fourth-order valence-corrected chi connectivity index (χ4v) is 2.63. The lowest BCUT2D eigenvalue weighted by atomic mass is 10.2. The zero-order chi connectivity index (χ0) is 17.1. The first-order valence-corrected chi connectivity index (χ1v) is 7.85. The van der Waals surface area contributed by atoms with Gasteiger partial charge in [-0.05, 0) is 23.8 Å². The minimum absolute atomic E-state index is 0.0579. The SMILES string of the molecule is CN(Cc1ccccc1)C(=O)Cn1cnc2ccc(Cl)cc2c1=O. The van der Waals surface area contributed by atoms with E-state index in [-0.39, 0.29) is 18.0 Å². The molecule has 24 heavy (non-hydrogen) atoms. The summed E-state index contributed by atoms with van der Waals surface area (Å²) in [4.78, 5) is 30.7. The van der Waals surface area contributed by atoms with Crippen molar-refractivity contribution >= 4 is 28.4 Å². The van der Waals surface area contributed by atoms with E-state index in [0.717, 1.165) is 5.56 Å². The van der Waals surface area contributed by atoms with Crippen LogP contribution in [-0.4, -0.2) is 27.4 Å². The molecule has 0 spiro atoms. The van der Waals surface area contributed by atoms with Gasteiger partial charge in [0, 0.05) is 18.6 Å². The third-order valence-electron chi connectivity index (χ3n) is 3.78. The van der Waals surface area contributed by atoms with Crippen molar-refractivity contribution in [2.75, 3.05) is 7.05 Å². The van der Waals surface area contributed by atoms with Gasteiger partial charge in [-0.25, -0.2) is 4.98 Å². The molecule has 0 aliphatic rings. The van der Waals surface area contributed by atoms with Gasteiger partial charge in [0.1, 0.15) is 6.54 Å². The molecule has 0 radical (unpaired) electrons. The first-order valence-electron chi connectivity index (χ1n) is 7.47. The zero-order valence-corrected chi connectivity index (χ0v) is 13.9. The lowest BCUT2D eigenvalue weighted by Crippen LogP contribution is -2.33. The Labute approximate surface area is 144 Å². The predicted molar refractivity (Wildman–Crippen MR) is 93.9 cm³/mol. The summed E-state index contributed by atoms with van der Waals surface area (Å²) in [5.74, 6) is -0.163. The smallest absolute Gasteiger partial charge is 0.261 e. The summed E-state index contributed by atoms with van der Waals surface area (Å²) in [7, 11) is 1.71. The van der Waals surface area contributed by atoms with E-state index in [1.807, 2.05) is 30.3 Å². The van der Waals surface area contributed by atoms with Crippen LogP contribution in [0.1, 0.15) is 5.56 Å². The molecule has 1 aromatic heterocycles. The van der Waals surface area contributed by atoms with Crippen LogP contribution >= 0.6 is 11.6 Å². The van der Waals surface area contributed by atoms with Crippen LogP contribution in [0.5, 0.6) is 0 Å². The highest BCUT2D eigenvalue weighted by molar-refractivity contribution is 6.31. The van der Waals surface area contributed by atoms with Gasteiger partial charge in [0.15, 0.2) is 0 Å². The highest BCUT2D eigenvalue weighted by atomic mass is 35.5. The molecule has 0 saturated carbocycles. The Morgan fingerprint density at radius 2 is 1.96 bits per heavy atom. The van der Waals surface area contributed by atoms with Crippen LogP contribution in [0, 0.1) is 0 Å². The largest absolute Gasteiger partial charge is 0.340 e. The van der Waals surface area contributed by atoms with E-state index in [9.17, 15) is 9.59 Å². The molecular weight excluding hydrogens is 326 g/mol. The molecule has 5 nitrogen and oxygen atoms in total. The Bertz CT molecular complexity index is 938. The second-order valence-corrected chi connectivity index (χ2v) is 6.01. The number of hydrogen-bond donors (Lipinski definition) is 0. The maximum atomic E-state index is 12.5. The van der Waals surface area contributed by atoms with Gasteiger partial charge in [-0.1, -0.05) is 41.9 Å². The van der Waals surface area contributed by atoms with E-state index in [0.29, 0.717) is 22.5 Å². The van der Waals surface area contributed by atoms with Gasteiger partial charge in [-0.2, -0.15) is 0 Å². The van der Waals surface area contributed by atoms with Crippen molar-refractivity contribution in [3.05, 3.63) is 75.8 Å². The second-order valence-electron chi connectivity index (χ2n) is 5.57. The first kappa shape index (κ1) is 16.2. The standard InChI is InChI=1S/C18H16ClN3O2/c1-21(10-13-5-3-2-4-6-13)17(23)11-22-12-20-16-8-7-14(19)9-15(16)18(22)24/h2-9,12H,10-11H2,1H3. The van der Waals surface area contributed by atoms with Gasteiger partial charge in [0.2, 0.25) is 5.91 Å². The summed E-state index contributed by atoms with van der Waals surface area (Å²) in [5.41, 5.74) is 1.32. The van der Waals surface area contributed by atoms with Crippen molar-refractivity contribution in [2.45, 2.75) is 13.1 Å². The maximum absolute atomic E-state index is 12.5. The number of carbonyl (C=O) groups is 1. The van der Waals surface area contributed by atoms with Gasteiger partial charge in [0.25, 0.3) is 5.56 Å². The number of nitrogens with zero attached hydrogens (tertiary/aromatic N) is 3. The Hall–Kier alpha value is -2.66. The van der Waals surface area contributed by atoms with Crippen molar-refractivity contribution in [1.82, 2.24) is 14.5 Å². The van der Waals surface area contributed by atoms with Crippen LogP contribution in [0.25, 0.3) is 10.9 Å². The normalized spacial score (nSPS) is 10.8. The number of rotatable bonds is 4. The summed E-state index contributed by atoms with van der Waals surface area (Å²) in [5, 5.41) is 0.871. The van der Waals surface area contributed by atoms with Gasteiger partial charge in [-0.15, -0.1) is 0 Å². The molecule has 3 aromatic rings. The van der Waals surface area contributed by atoms with Gasteiger partial charge in [-0.3, -0.25) is 14.2 Å². The Morgan fingerprint density at radius 1 is 1.21 bits per heavy atom. The molecule has 2 aromatic carbocycles. The molecule has 0 aliphatic heterocycles. The van der Waals surface area contributed by atoms with E-state index >= 15 is 0 Å². The number of carbonyl (C=O) groups excluding carboxylic acids is 1. The van der Waals surface area contributed by atoms with E-state index in [1.54, 1.807) is 30.1 Å². The number of aromatic nitrogens is 2. The monoisotopic (exact) mass is 341 g/mol. The molecule has 0 bridgehead atoms. The molecule has 0 N–H and O–H groups in total. The number of likely N-dealkylation sites (N-methyl/N-ethyl adjacent to an activating group) is 1. The third-order valence-corrected chi connectivity index (χ3v) is 4.02. The third kappa shape index (κ3) is 3.46. The van der Waals surface area contributed by atoms with Crippen molar-refractivity contribution < 1.29 is 4.79 Å². The average Bonchev–Trinajstić information content (AvgIpc) is 2.58. The summed E-state index contributed by atoms with van der Waals surface area (Å²) in [6, 6.07) is 14.6. The molecule has 0 aliphatic carbocycles. The molecule has 0 fully saturated rings. The van der Waals surface area contributed by atoms with Gasteiger partial charge < -0.3 is 4.90 Å². The van der Waals surface area contributed by atoms with Crippen LogP contribution in [0.2, 0.25) is 5.02 Å². The van der Waals surface area contributed by atoms with E-state index in [2.05, 4.69) is 4.98 Å². The number of hydrogen-bond acceptors (Lipinski definition) is 3. The van der Waals surface area contributed by atoms with Gasteiger partial charge in [0.05, 0.1) is 17.2 Å². The molecule has 1 heterocycles. The summed E-state index contributed by atoms with van der Waals surface area (Å²) < 4.78 is 1.31. The topological polar surface area (TPSA) is 55.2 Å². The Balaban J connectivity index is 1.80. The van der Waals surface area contributed by atoms with Crippen molar-refractivity contribution in [1.29, 1.82) is 0 Å². The Morgan fingerprint density at radius 3 is 2.71 bits per heavy atom. The fourth-order valence-electron chi connectivity index (χ4n) is 2.46. The Kier molecular flexibility index (Phi) is 4.62. The zero-order valence-electron chi connectivity index (χ0n) is 13.1.